The highest BCUT2D eigenvalue weighted by Gasteiger charge is 2.38. The molecule has 1 heterocycles. The first-order valence-electron chi connectivity index (χ1n) is 7.59. The Bertz CT molecular complexity index is 1030. The predicted octanol–water partition coefficient (Wildman–Crippen LogP) is 4.30. The summed E-state index contributed by atoms with van der Waals surface area (Å²) < 4.78 is 31.7. The molecule has 0 bridgehead atoms. The first-order valence-corrected chi connectivity index (χ1v) is 7.59. The van der Waals surface area contributed by atoms with Crippen LogP contribution >= 0.6 is 0 Å². The van der Waals surface area contributed by atoms with E-state index in [2.05, 4.69) is 11.1 Å². The second kappa shape index (κ2) is 7.74. The molecule has 0 fully saturated rings. The van der Waals surface area contributed by atoms with Crippen LogP contribution in [0.1, 0.15) is 11.3 Å². The quantitative estimate of drug-likeness (QED) is 0.620. The fraction of sp³-hybridized carbons (Fsp3) is 0.105. The Morgan fingerprint density at radius 2 is 1.78 bits per heavy atom. The van der Waals surface area contributed by atoms with Crippen molar-refractivity contribution >= 4 is 22.4 Å². The number of pyridine rings is 1. The van der Waals surface area contributed by atoms with Gasteiger partial charge in [-0.05, 0) is 30.2 Å². The number of aryl methyl sites for hydroxylation is 1. The van der Waals surface area contributed by atoms with Gasteiger partial charge in [0.2, 0.25) is 0 Å². The Morgan fingerprint density at radius 3 is 2.30 bits per heavy atom. The minimum absolute atomic E-state index is 0.502. The summed E-state index contributed by atoms with van der Waals surface area (Å²) in [5.41, 5.74) is 10.0. The molecule has 3 aromatic rings. The standard InChI is InChI=1S/C17H13N3.C2HF3O2/c1-11-7-15-16(10-20-11)14(8-13(9-18)17(15)19)12-5-3-2-4-6-12;3-2(4,5)1(6)7/h2-8,10H,19H2,1H3;(H,6,7). The molecule has 27 heavy (non-hydrogen) atoms. The summed E-state index contributed by atoms with van der Waals surface area (Å²) >= 11 is 0. The number of nitrogens with zero attached hydrogens (tertiary/aromatic N) is 2. The number of hydrogen-bond donors (Lipinski definition) is 2. The number of nitriles is 1. The number of carbonyl (C=O) groups is 1. The van der Waals surface area contributed by atoms with Gasteiger partial charge in [-0.3, -0.25) is 4.98 Å². The summed E-state index contributed by atoms with van der Waals surface area (Å²) in [4.78, 5) is 13.2. The van der Waals surface area contributed by atoms with Crippen LogP contribution in [0.3, 0.4) is 0 Å². The van der Waals surface area contributed by atoms with E-state index >= 15 is 0 Å². The minimum Gasteiger partial charge on any atom is -0.475 e. The van der Waals surface area contributed by atoms with Gasteiger partial charge in [0, 0.05) is 22.7 Å². The number of aliphatic carboxylic acids is 1. The predicted molar refractivity (Wildman–Crippen MR) is 94.7 cm³/mol. The van der Waals surface area contributed by atoms with E-state index in [4.69, 9.17) is 15.6 Å². The van der Waals surface area contributed by atoms with Crippen LogP contribution < -0.4 is 5.73 Å². The number of benzene rings is 2. The maximum absolute atomic E-state index is 10.6. The smallest absolute Gasteiger partial charge is 0.475 e. The summed E-state index contributed by atoms with van der Waals surface area (Å²) in [6.45, 7) is 1.92. The zero-order valence-corrected chi connectivity index (χ0v) is 14.1. The Kier molecular flexibility index (Phi) is 5.66. The number of anilines is 1. The van der Waals surface area contributed by atoms with E-state index in [9.17, 15) is 18.4 Å². The molecular weight excluding hydrogens is 359 g/mol. The first kappa shape index (κ1) is 19.7. The van der Waals surface area contributed by atoms with Crippen LogP contribution in [0.4, 0.5) is 18.9 Å². The number of rotatable bonds is 1. The summed E-state index contributed by atoms with van der Waals surface area (Å²) in [6, 6.07) is 15.9. The largest absolute Gasteiger partial charge is 0.490 e. The van der Waals surface area contributed by atoms with Gasteiger partial charge in [-0.1, -0.05) is 30.3 Å². The molecule has 1 aromatic heterocycles. The lowest BCUT2D eigenvalue weighted by Gasteiger charge is -2.11. The number of alkyl halides is 3. The number of hydrogen-bond acceptors (Lipinski definition) is 4. The molecule has 0 aliphatic carbocycles. The molecule has 8 heteroatoms. The molecule has 3 N–H and O–H groups in total. The molecule has 0 radical (unpaired) electrons. The molecule has 2 aromatic carbocycles. The van der Waals surface area contributed by atoms with E-state index in [-0.39, 0.29) is 0 Å². The van der Waals surface area contributed by atoms with Gasteiger partial charge in [-0.25, -0.2) is 4.79 Å². The minimum atomic E-state index is -5.08. The molecule has 0 unspecified atom stereocenters. The van der Waals surface area contributed by atoms with Gasteiger partial charge in [0.1, 0.15) is 6.07 Å². The van der Waals surface area contributed by atoms with Crippen LogP contribution in [0, 0.1) is 18.3 Å². The number of halogens is 3. The van der Waals surface area contributed by atoms with Crippen molar-refractivity contribution < 1.29 is 23.1 Å². The summed E-state index contributed by atoms with van der Waals surface area (Å²) in [5.74, 6) is -2.76. The highest BCUT2D eigenvalue weighted by atomic mass is 19.4. The number of carboxylic acid groups (broad SMARTS) is 1. The van der Waals surface area contributed by atoms with E-state index in [1.165, 1.54) is 0 Å². The molecule has 0 spiro atoms. The number of nitrogen functional groups attached to an aromatic ring is 1. The molecule has 138 valence electrons. The van der Waals surface area contributed by atoms with Crippen molar-refractivity contribution in [2.45, 2.75) is 13.1 Å². The van der Waals surface area contributed by atoms with Crippen LogP contribution in [0.25, 0.3) is 21.9 Å². The molecule has 0 saturated carbocycles. The molecule has 0 amide bonds. The average Bonchev–Trinajstić information content (AvgIpc) is 2.63. The van der Waals surface area contributed by atoms with Crippen LogP contribution in [-0.4, -0.2) is 22.2 Å². The molecule has 0 aliphatic rings. The third-order valence-electron chi connectivity index (χ3n) is 3.65. The lowest BCUT2D eigenvalue weighted by Crippen LogP contribution is -2.21. The van der Waals surface area contributed by atoms with Crippen molar-refractivity contribution in [1.82, 2.24) is 4.98 Å². The SMILES string of the molecule is Cc1cc2c(N)c(C#N)cc(-c3ccccc3)c2cn1.O=C(O)C(F)(F)F. The Morgan fingerprint density at radius 1 is 1.19 bits per heavy atom. The van der Waals surface area contributed by atoms with Crippen LogP contribution in [-0.2, 0) is 4.79 Å². The fourth-order valence-corrected chi connectivity index (χ4v) is 2.39. The van der Waals surface area contributed by atoms with Crippen molar-refractivity contribution in [3.8, 4) is 17.2 Å². The van der Waals surface area contributed by atoms with Crippen molar-refractivity contribution in [2.24, 2.45) is 0 Å². The summed E-state index contributed by atoms with van der Waals surface area (Å²) in [6.07, 6.45) is -3.26. The monoisotopic (exact) mass is 373 g/mol. The lowest BCUT2D eigenvalue weighted by atomic mass is 9.95. The topological polar surface area (TPSA) is 100 Å². The zero-order valence-electron chi connectivity index (χ0n) is 14.1. The second-order valence-electron chi connectivity index (χ2n) is 5.54. The van der Waals surface area contributed by atoms with Crippen molar-refractivity contribution in [2.75, 3.05) is 5.73 Å². The first-order chi connectivity index (χ1) is 12.6. The van der Waals surface area contributed by atoms with Gasteiger partial charge in [-0.15, -0.1) is 0 Å². The van der Waals surface area contributed by atoms with Gasteiger partial charge < -0.3 is 10.8 Å². The van der Waals surface area contributed by atoms with Gasteiger partial charge in [0.05, 0.1) is 11.3 Å². The van der Waals surface area contributed by atoms with Crippen molar-refractivity contribution in [3.63, 3.8) is 0 Å². The van der Waals surface area contributed by atoms with Crippen LogP contribution in [0.5, 0.6) is 0 Å². The molecule has 0 saturated heterocycles. The third kappa shape index (κ3) is 4.52. The lowest BCUT2D eigenvalue weighted by molar-refractivity contribution is -0.192. The van der Waals surface area contributed by atoms with Crippen LogP contribution in [0.2, 0.25) is 0 Å². The molecule has 0 atom stereocenters. The van der Waals surface area contributed by atoms with Crippen molar-refractivity contribution in [3.05, 3.63) is 59.9 Å². The maximum atomic E-state index is 10.6. The summed E-state index contributed by atoms with van der Waals surface area (Å²) in [5, 5.41) is 18.3. The van der Waals surface area contributed by atoms with Crippen LogP contribution in [0.15, 0.2) is 48.7 Å². The van der Waals surface area contributed by atoms with E-state index in [0.717, 1.165) is 27.6 Å². The highest BCUT2D eigenvalue weighted by Crippen LogP contribution is 2.34. The fourth-order valence-electron chi connectivity index (χ4n) is 2.39. The Labute approximate surface area is 152 Å². The Balaban J connectivity index is 0.000000321. The molecule has 5 nitrogen and oxygen atoms in total. The maximum Gasteiger partial charge on any atom is 0.490 e. The molecular formula is C19H14F3N3O2. The van der Waals surface area contributed by atoms with Crippen molar-refractivity contribution in [1.29, 1.82) is 5.26 Å². The van der Waals surface area contributed by atoms with E-state index in [1.54, 1.807) is 0 Å². The number of carboxylic acids is 1. The van der Waals surface area contributed by atoms with E-state index in [1.807, 2.05) is 55.6 Å². The third-order valence-corrected chi connectivity index (χ3v) is 3.65. The molecule has 3 rings (SSSR count). The summed E-state index contributed by atoms with van der Waals surface area (Å²) in [7, 11) is 0. The van der Waals surface area contributed by atoms with E-state index < -0.39 is 12.1 Å². The van der Waals surface area contributed by atoms with Gasteiger partial charge >= 0.3 is 12.1 Å². The van der Waals surface area contributed by atoms with Gasteiger partial charge in [0.25, 0.3) is 0 Å². The van der Waals surface area contributed by atoms with Gasteiger partial charge in [-0.2, -0.15) is 18.4 Å². The number of aromatic nitrogens is 1. The molecule has 0 aliphatic heterocycles. The normalized spacial score (nSPS) is 10.6. The number of nitrogens with two attached hydrogens (primary N) is 1. The van der Waals surface area contributed by atoms with E-state index in [0.29, 0.717) is 11.3 Å². The average molecular weight is 373 g/mol. The number of fused-ring (bicyclic) bond motifs is 1. The highest BCUT2D eigenvalue weighted by molar-refractivity contribution is 6.04. The van der Waals surface area contributed by atoms with Gasteiger partial charge in [0.15, 0.2) is 0 Å². The zero-order chi connectivity index (χ0) is 20.2. The Hall–Kier alpha value is -3.60. The second-order valence-corrected chi connectivity index (χ2v) is 5.54.